The number of rotatable bonds is 5. The summed E-state index contributed by atoms with van der Waals surface area (Å²) in [5, 5.41) is 3.38. The Bertz CT molecular complexity index is 666. The number of para-hydroxylation sites is 1. The molecular weight excluding hydrogens is 310 g/mol. The van der Waals surface area contributed by atoms with Crippen LogP contribution in [-0.4, -0.2) is 29.6 Å². The number of fused-ring (bicyclic) bond motifs is 1. The Balaban J connectivity index is 1.81. The van der Waals surface area contributed by atoms with Gasteiger partial charge in [-0.2, -0.15) is 0 Å². The fraction of sp³-hybridized carbons (Fsp3) is 0.235. The van der Waals surface area contributed by atoms with Crippen LogP contribution >= 0.6 is 11.9 Å². The molecule has 0 saturated heterocycles. The smallest absolute Gasteiger partial charge is 0.243 e. The number of anilines is 1. The molecule has 1 amide bonds. The van der Waals surface area contributed by atoms with Crippen molar-refractivity contribution in [3.63, 3.8) is 0 Å². The van der Waals surface area contributed by atoms with Gasteiger partial charge in [0, 0.05) is 17.1 Å². The summed E-state index contributed by atoms with van der Waals surface area (Å²) in [6.07, 6.45) is -0.250. The van der Waals surface area contributed by atoms with Gasteiger partial charge in [-0.1, -0.05) is 42.5 Å². The molecule has 0 saturated carbocycles. The first kappa shape index (κ1) is 15.9. The maximum Gasteiger partial charge on any atom is 0.243 e. The normalized spacial score (nSPS) is 17.8. The highest BCUT2D eigenvalue weighted by Gasteiger charge is 2.25. The number of ether oxygens (including phenoxy) is 1. The van der Waals surface area contributed by atoms with Gasteiger partial charge in [-0.3, -0.25) is 4.79 Å². The average Bonchev–Trinajstić information content (AvgIpc) is 2.73. The molecular formula is C17H19N3O2S. The summed E-state index contributed by atoms with van der Waals surface area (Å²) in [4.78, 5) is 12.2. The first-order valence-corrected chi connectivity index (χ1v) is 8.21. The van der Waals surface area contributed by atoms with Gasteiger partial charge in [0.25, 0.3) is 0 Å². The van der Waals surface area contributed by atoms with E-state index in [1.807, 2.05) is 36.4 Å². The maximum atomic E-state index is 11.1. The minimum atomic E-state index is -0.462. The molecule has 1 heterocycles. The predicted molar refractivity (Wildman–Crippen MR) is 91.7 cm³/mol. The predicted octanol–water partition coefficient (Wildman–Crippen LogP) is 2.45. The quantitative estimate of drug-likeness (QED) is 0.825. The van der Waals surface area contributed by atoms with Crippen LogP contribution in [0.2, 0.25) is 0 Å². The SMILES string of the molecule is NC(=O)COC1CNc2ccccc2SN1Cc1ccccc1. The molecule has 0 spiro atoms. The van der Waals surface area contributed by atoms with Crippen LogP contribution in [0.5, 0.6) is 0 Å². The summed E-state index contributed by atoms with van der Waals surface area (Å²) < 4.78 is 7.84. The fourth-order valence-corrected chi connectivity index (χ4v) is 3.49. The van der Waals surface area contributed by atoms with Crippen molar-refractivity contribution in [3.8, 4) is 0 Å². The van der Waals surface area contributed by atoms with E-state index in [1.165, 1.54) is 5.56 Å². The number of primary amides is 1. The number of carbonyl (C=O) groups is 1. The van der Waals surface area contributed by atoms with E-state index in [1.54, 1.807) is 11.9 Å². The van der Waals surface area contributed by atoms with Crippen molar-refractivity contribution < 1.29 is 9.53 Å². The third kappa shape index (κ3) is 4.25. The number of hydrogen-bond donors (Lipinski definition) is 2. The van der Waals surface area contributed by atoms with Crippen molar-refractivity contribution in [1.82, 2.24) is 4.31 Å². The van der Waals surface area contributed by atoms with E-state index in [9.17, 15) is 4.79 Å². The van der Waals surface area contributed by atoms with Crippen LogP contribution in [0.15, 0.2) is 59.5 Å². The van der Waals surface area contributed by atoms with E-state index in [-0.39, 0.29) is 12.8 Å². The highest BCUT2D eigenvalue weighted by atomic mass is 32.2. The van der Waals surface area contributed by atoms with Crippen molar-refractivity contribution in [2.75, 3.05) is 18.5 Å². The van der Waals surface area contributed by atoms with Crippen LogP contribution in [0.1, 0.15) is 5.56 Å². The minimum absolute atomic E-state index is 0.0887. The second-order valence-electron chi connectivity index (χ2n) is 5.26. The molecule has 5 nitrogen and oxygen atoms in total. The van der Waals surface area contributed by atoms with Gasteiger partial charge in [-0.15, -0.1) is 0 Å². The van der Waals surface area contributed by atoms with Crippen molar-refractivity contribution in [2.45, 2.75) is 17.7 Å². The Morgan fingerprint density at radius 2 is 1.96 bits per heavy atom. The lowest BCUT2D eigenvalue weighted by Crippen LogP contribution is -2.38. The van der Waals surface area contributed by atoms with Crippen LogP contribution in [-0.2, 0) is 16.1 Å². The lowest BCUT2D eigenvalue weighted by molar-refractivity contribution is -0.126. The second-order valence-corrected chi connectivity index (χ2v) is 6.35. The molecule has 1 aliphatic rings. The summed E-state index contributed by atoms with van der Waals surface area (Å²) in [5.74, 6) is -0.462. The Kier molecular flexibility index (Phi) is 5.17. The molecule has 1 unspecified atom stereocenters. The first-order valence-electron chi connectivity index (χ1n) is 7.44. The van der Waals surface area contributed by atoms with Crippen LogP contribution in [0, 0.1) is 0 Å². The molecule has 0 fully saturated rings. The maximum absolute atomic E-state index is 11.1. The lowest BCUT2D eigenvalue weighted by atomic mass is 10.2. The number of nitrogens with two attached hydrogens (primary N) is 1. The van der Waals surface area contributed by atoms with Gasteiger partial charge in [0.05, 0.1) is 6.54 Å². The molecule has 3 rings (SSSR count). The lowest BCUT2D eigenvalue weighted by Gasteiger charge is -2.28. The van der Waals surface area contributed by atoms with Crippen molar-refractivity contribution in [3.05, 3.63) is 60.2 Å². The van der Waals surface area contributed by atoms with Gasteiger partial charge < -0.3 is 15.8 Å². The molecule has 1 atom stereocenters. The zero-order valence-electron chi connectivity index (χ0n) is 12.6. The van der Waals surface area contributed by atoms with Crippen LogP contribution in [0.3, 0.4) is 0 Å². The highest BCUT2D eigenvalue weighted by Crippen LogP contribution is 2.35. The van der Waals surface area contributed by atoms with Crippen LogP contribution < -0.4 is 11.1 Å². The average molecular weight is 329 g/mol. The van der Waals surface area contributed by atoms with Gasteiger partial charge in [-0.05, 0) is 29.6 Å². The summed E-state index contributed by atoms with van der Waals surface area (Å²) in [7, 11) is 0. The number of nitrogens with one attached hydrogen (secondary N) is 1. The zero-order chi connectivity index (χ0) is 16.1. The van der Waals surface area contributed by atoms with Crippen LogP contribution in [0.25, 0.3) is 0 Å². The van der Waals surface area contributed by atoms with Crippen molar-refractivity contribution in [2.24, 2.45) is 5.73 Å². The molecule has 6 heteroatoms. The molecule has 0 bridgehead atoms. The number of amides is 1. The molecule has 3 N–H and O–H groups in total. The molecule has 23 heavy (non-hydrogen) atoms. The van der Waals surface area contributed by atoms with E-state index in [0.717, 1.165) is 10.6 Å². The zero-order valence-corrected chi connectivity index (χ0v) is 13.5. The molecule has 120 valence electrons. The topological polar surface area (TPSA) is 67.6 Å². The molecule has 0 aromatic heterocycles. The summed E-state index contributed by atoms with van der Waals surface area (Å²) in [6.45, 7) is 1.21. The van der Waals surface area contributed by atoms with Gasteiger partial charge >= 0.3 is 0 Å². The number of nitrogens with zero attached hydrogens (tertiary/aromatic N) is 1. The van der Waals surface area contributed by atoms with Gasteiger partial charge in [-0.25, -0.2) is 4.31 Å². The molecule has 0 aliphatic carbocycles. The summed E-state index contributed by atoms with van der Waals surface area (Å²) >= 11 is 1.63. The third-order valence-electron chi connectivity index (χ3n) is 3.49. The van der Waals surface area contributed by atoms with E-state index in [2.05, 4.69) is 27.8 Å². The number of hydrogen-bond acceptors (Lipinski definition) is 5. The monoisotopic (exact) mass is 329 g/mol. The Morgan fingerprint density at radius 3 is 2.74 bits per heavy atom. The van der Waals surface area contributed by atoms with Gasteiger partial charge in [0.1, 0.15) is 12.8 Å². The Hall–Kier alpha value is -2.02. The number of benzene rings is 2. The van der Waals surface area contributed by atoms with Gasteiger partial charge in [0.2, 0.25) is 5.91 Å². The Morgan fingerprint density at radius 1 is 1.22 bits per heavy atom. The molecule has 2 aromatic carbocycles. The third-order valence-corrected chi connectivity index (χ3v) is 4.64. The van der Waals surface area contributed by atoms with E-state index < -0.39 is 5.91 Å². The fourth-order valence-electron chi connectivity index (χ4n) is 2.39. The second kappa shape index (κ2) is 7.50. The largest absolute Gasteiger partial charge is 0.380 e. The molecule has 0 radical (unpaired) electrons. The minimum Gasteiger partial charge on any atom is -0.380 e. The standard InChI is InChI=1S/C17H19N3O2S/c18-16(21)12-22-17-10-19-14-8-4-5-9-15(14)23-20(17)11-13-6-2-1-3-7-13/h1-9,17,19H,10-12H2,(H2,18,21). The van der Waals surface area contributed by atoms with Crippen LogP contribution in [0.4, 0.5) is 5.69 Å². The van der Waals surface area contributed by atoms with Gasteiger partial charge in [0.15, 0.2) is 0 Å². The van der Waals surface area contributed by atoms with Crippen molar-refractivity contribution >= 4 is 23.5 Å². The summed E-state index contributed by atoms with van der Waals surface area (Å²) in [5.41, 5.74) is 7.48. The molecule has 2 aromatic rings. The summed E-state index contributed by atoms with van der Waals surface area (Å²) in [6, 6.07) is 18.3. The van der Waals surface area contributed by atoms with Crippen molar-refractivity contribution in [1.29, 1.82) is 0 Å². The van der Waals surface area contributed by atoms with E-state index >= 15 is 0 Å². The van der Waals surface area contributed by atoms with E-state index in [0.29, 0.717) is 13.1 Å². The number of carbonyl (C=O) groups excluding carboxylic acids is 1. The Labute approximate surface area is 139 Å². The first-order chi connectivity index (χ1) is 11.2. The molecule has 1 aliphatic heterocycles. The highest BCUT2D eigenvalue weighted by molar-refractivity contribution is 7.97. The van der Waals surface area contributed by atoms with E-state index in [4.69, 9.17) is 10.5 Å².